The minimum Gasteiger partial charge on any atom is -0.336 e. The Bertz CT molecular complexity index is 1040. The molecule has 3 heterocycles. The maximum absolute atomic E-state index is 13.0. The highest BCUT2D eigenvalue weighted by molar-refractivity contribution is 7.89. The molecule has 0 bridgehead atoms. The summed E-state index contributed by atoms with van der Waals surface area (Å²) in [7, 11) is -3.69. The van der Waals surface area contributed by atoms with Crippen LogP contribution in [0.25, 0.3) is 11.0 Å². The Kier molecular flexibility index (Phi) is 4.39. The summed E-state index contributed by atoms with van der Waals surface area (Å²) < 4.78 is 35.6. The fraction of sp³-hybridized carbons (Fsp3) is 0.250. The molecule has 2 aromatic heterocycles. The molecule has 0 atom stereocenters. The Hall–Kier alpha value is -2.43. The van der Waals surface area contributed by atoms with E-state index >= 15 is 0 Å². The smallest absolute Gasteiger partial charge is 0.255 e. The van der Waals surface area contributed by atoms with Crippen molar-refractivity contribution >= 4 is 38.7 Å². The molecule has 4 rings (SSSR count). The summed E-state index contributed by atoms with van der Waals surface area (Å²) in [6, 6.07) is 8.36. The van der Waals surface area contributed by atoms with Crippen molar-refractivity contribution in [3.8, 4) is 0 Å². The van der Waals surface area contributed by atoms with Crippen molar-refractivity contribution in [2.75, 3.05) is 26.2 Å². The number of amides is 1. The number of hydrogen-bond donors (Lipinski definition) is 0. The second-order valence-corrected chi connectivity index (χ2v) is 8.26. The van der Waals surface area contributed by atoms with Crippen LogP contribution >= 0.6 is 11.7 Å². The van der Waals surface area contributed by atoms with Gasteiger partial charge in [-0.2, -0.15) is 13.1 Å². The lowest BCUT2D eigenvalue weighted by Gasteiger charge is -2.34. The average molecular weight is 389 g/mol. The lowest BCUT2D eigenvalue weighted by molar-refractivity contribution is 0.0697. The van der Waals surface area contributed by atoms with Gasteiger partial charge in [-0.1, -0.05) is 6.07 Å². The van der Waals surface area contributed by atoms with E-state index in [9.17, 15) is 13.2 Å². The summed E-state index contributed by atoms with van der Waals surface area (Å²) in [5.41, 5.74) is 1.47. The van der Waals surface area contributed by atoms with Gasteiger partial charge >= 0.3 is 0 Å². The number of pyridine rings is 1. The number of carbonyl (C=O) groups is 1. The van der Waals surface area contributed by atoms with Gasteiger partial charge in [0.2, 0.25) is 10.0 Å². The van der Waals surface area contributed by atoms with E-state index in [0.29, 0.717) is 29.7 Å². The molecule has 0 radical (unpaired) electrons. The Morgan fingerprint density at radius 1 is 1.04 bits per heavy atom. The minimum atomic E-state index is -3.69. The summed E-state index contributed by atoms with van der Waals surface area (Å²) in [5.74, 6) is -0.138. The summed E-state index contributed by atoms with van der Waals surface area (Å²) in [6.45, 7) is 1.14. The summed E-state index contributed by atoms with van der Waals surface area (Å²) in [5, 5.41) is 0. The zero-order chi connectivity index (χ0) is 18.1. The molecule has 1 aromatic carbocycles. The number of benzene rings is 1. The first-order valence-electron chi connectivity index (χ1n) is 7.98. The molecule has 0 aliphatic carbocycles. The quantitative estimate of drug-likeness (QED) is 0.669. The van der Waals surface area contributed by atoms with Crippen molar-refractivity contribution < 1.29 is 13.2 Å². The van der Waals surface area contributed by atoms with Gasteiger partial charge in [0, 0.05) is 38.6 Å². The third-order valence-corrected chi connectivity index (χ3v) is 6.77. The fourth-order valence-electron chi connectivity index (χ4n) is 2.93. The van der Waals surface area contributed by atoms with Crippen LogP contribution in [0.15, 0.2) is 47.6 Å². The summed E-state index contributed by atoms with van der Waals surface area (Å²) in [4.78, 5) is 18.2. The van der Waals surface area contributed by atoms with Gasteiger partial charge in [0.05, 0.1) is 17.3 Å². The van der Waals surface area contributed by atoms with Crippen molar-refractivity contribution in [2.24, 2.45) is 0 Å². The highest BCUT2D eigenvalue weighted by Crippen LogP contribution is 2.25. The molecule has 0 unspecified atom stereocenters. The van der Waals surface area contributed by atoms with E-state index < -0.39 is 10.0 Å². The van der Waals surface area contributed by atoms with Crippen LogP contribution in [-0.4, -0.2) is 63.4 Å². The van der Waals surface area contributed by atoms with Crippen LogP contribution in [0.4, 0.5) is 0 Å². The highest BCUT2D eigenvalue weighted by atomic mass is 32.2. The number of carbonyl (C=O) groups excluding carboxylic acids is 1. The Balaban J connectivity index is 1.52. The first-order valence-corrected chi connectivity index (χ1v) is 10.1. The van der Waals surface area contributed by atoms with Crippen LogP contribution in [-0.2, 0) is 10.0 Å². The standard InChI is InChI=1S/C16H15N5O3S2/c22-16(12-3-2-6-17-11-12)20-7-9-21(10-8-20)26(23,24)14-5-1-4-13-15(14)19-25-18-13/h1-6,11H,7-10H2. The third-order valence-electron chi connectivity index (χ3n) is 4.30. The number of aromatic nitrogens is 3. The number of nitrogens with zero attached hydrogens (tertiary/aromatic N) is 5. The molecule has 3 aromatic rings. The molecular weight excluding hydrogens is 374 g/mol. The number of hydrogen-bond acceptors (Lipinski definition) is 7. The molecule has 8 nitrogen and oxygen atoms in total. The monoisotopic (exact) mass is 389 g/mol. The second-order valence-electron chi connectivity index (χ2n) is 5.83. The first kappa shape index (κ1) is 17.0. The van der Waals surface area contributed by atoms with Crippen molar-refractivity contribution in [1.29, 1.82) is 0 Å². The Labute approximate surface area is 154 Å². The van der Waals surface area contributed by atoms with Gasteiger partial charge in [0.25, 0.3) is 5.91 Å². The van der Waals surface area contributed by atoms with Gasteiger partial charge in [0.15, 0.2) is 0 Å². The van der Waals surface area contributed by atoms with Gasteiger partial charge < -0.3 is 4.90 Å². The van der Waals surface area contributed by atoms with Gasteiger partial charge in [-0.25, -0.2) is 8.42 Å². The number of fused-ring (bicyclic) bond motifs is 1. The molecular formula is C16H15N5O3S2. The van der Waals surface area contributed by atoms with E-state index in [1.54, 1.807) is 41.4 Å². The molecule has 0 saturated carbocycles. The van der Waals surface area contributed by atoms with E-state index in [4.69, 9.17) is 0 Å². The largest absolute Gasteiger partial charge is 0.336 e. The molecule has 0 spiro atoms. The maximum Gasteiger partial charge on any atom is 0.255 e. The molecule has 26 heavy (non-hydrogen) atoms. The maximum atomic E-state index is 13.0. The van der Waals surface area contributed by atoms with Gasteiger partial charge in [-0.3, -0.25) is 9.78 Å². The normalized spacial score (nSPS) is 16.1. The van der Waals surface area contributed by atoms with E-state index in [-0.39, 0.29) is 23.9 Å². The zero-order valence-electron chi connectivity index (χ0n) is 13.6. The lowest BCUT2D eigenvalue weighted by Crippen LogP contribution is -2.50. The van der Waals surface area contributed by atoms with E-state index in [2.05, 4.69) is 13.7 Å². The minimum absolute atomic E-state index is 0.138. The molecule has 1 saturated heterocycles. The topological polar surface area (TPSA) is 96.4 Å². The average Bonchev–Trinajstić information content (AvgIpc) is 3.17. The predicted octanol–water partition coefficient (Wildman–Crippen LogP) is 1.23. The Morgan fingerprint density at radius 3 is 2.58 bits per heavy atom. The van der Waals surface area contributed by atoms with Gasteiger partial charge in [-0.15, -0.1) is 0 Å². The SMILES string of the molecule is O=C(c1cccnc1)N1CCN(S(=O)(=O)c2cccc3nsnc23)CC1. The molecule has 1 aliphatic heterocycles. The molecule has 10 heteroatoms. The predicted molar refractivity (Wildman–Crippen MR) is 96.3 cm³/mol. The van der Waals surface area contributed by atoms with Crippen LogP contribution in [0.3, 0.4) is 0 Å². The van der Waals surface area contributed by atoms with E-state index in [0.717, 1.165) is 11.7 Å². The first-order chi connectivity index (χ1) is 12.6. The fourth-order valence-corrected chi connectivity index (χ4v) is 5.11. The Morgan fingerprint density at radius 2 is 1.85 bits per heavy atom. The molecule has 1 fully saturated rings. The number of rotatable bonds is 3. The zero-order valence-corrected chi connectivity index (χ0v) is 15.3. The van der Waals surface area contributed by atoms with E-state index in [1.807, 2.05) is 0 Å². The van der Waals surface area contributed by atoms with Gasteiger partial charge in [0.1, 0.15) is 15.9 Å². The third kappa shape index (κ3) is 2.96. The molecule has 1 amide bonds. The molecule has 0 N–H and O–H groups in total. The lowest BCUT2D eigenvalue weighted by atomic mass is 10.2. The molecule has 134 valence electrons. The van der Waals surface area contributed by atoms with Crippen LogP contribution in [0.5, 0.6) is 0 Å². The highest BCUT2D eigenvalue weighted by Gasteiger charge is 2.32. The van der Waals surface area contributed by atoms with Crippen molar-refractivity contribution in [2.45, 2.75) is 4.90 Å². The number of sulfonamides is 1. The van der Waals surface area contributed by atoms with Crippen molar-refractivity contribution in [3.63, 3.8) is 0 Å². The summed E-state index contributed by atoms with van der Waals surface area (Å²) >= 11 is 0.990. The van der Waals surface area contributed by atoms with Crippen molar-refractivity contribution in [1.82, 2.24) is 22.9 Å². The van der Waals surface area contributed by atoms with Crippen LogP contribution in [0, 0.1) is 0 Å². The van der Waals surface area contributed by atoms with Gasteiger partial charge in [-0.05, 0) is 24.3 Å². The van der Waals surface area contributed by atoms with E-state index in [1.165, 1.54) is 10.5 Å². The van der Waals surface area contributed by atoms with Crippen LogP contribution in [0.2, 0.25) is 0 Å². The van der Waals surface area contributed by atoms with Crippen molar-refractivity contribution in [3.05, 3.63) is 48.3 Å². The number of piperazine rings is 1. The van der Waals surface area contributed by atoms with Crippen LogP contribution in [0.1, 0.15) is 10.4 Å². The second kappa shape index (κ2) is 6.71. The molecule has 1 aliphatic rings. The van der Waals surface area contributed by atoms with Crippen LogP contribution < -0.4 is 0 Å². The summed E-state index contributed by atoms with van der Waals surface area (Å²) in [6.07, 6.45) is 3.12.